The highest BCUT2D eigenvalue weighted by molar-refractivity contribution is 6.40. The van der Waals surface area contributed by atoms with E-state index in [1.165, 1.54) is 64.2 Å². The van der Waals surface area contributed by atoms with Crippen LogP contribution in [0.1, 0.15) is 89.5 Å². The lowest BCUT2D eigenvalue weighted by atomic mass is 9.79. The van der Waals surface area contributed by atoms with E-state index in [-0.39, 0.29) is 28.4 Å². The predicted molar refractivity (Wildman–Crippen MR) is 222 cm³/mol. The first-order valence-electron chi connectivity index (χ1n) is 19.6. The molecule has 0 heterocycles. The maximum atomic E-state index is 13.6. The molecule has 6 rings (SSSR count). The predicted octanol–water partition coefficient (Wildman–Crippen LogP) is 12.5. The van der Waals surface area contributed by atoms with Crippen LogP contribution in [0.2, 0.25) is 0 Å². The van der Waals surface area contributed by atoms with Gasteiger partial charge in [0.1, 0.15) is 11.5 Å². The van der Waals surface area contributed by atoms with E-state index in [1.807, 2.05) is 85.0 Å². The van der Waals surface area contributed by atoms with Crippen LogP contribution in [0.25, 0.3) is 5.57 Å². The zero-order valence-corrected chi connectivity index (χ0v) is 31.1. The minimum Gasteiger partial charge on any atom is -0.507 e. The number of hydrogen-bond acceptors (Lipinski definition) is 4. The maximum Gasteiger partial charge on any atom is 0.211 e. The van der Waals surface area contributed by atoms with E-state index >= 15 is 0 Å². The Morgan fingerprint density at radius 2 is 1.06 bits per heavy atom. The highest BCUT2D eigenvalue weighted by Gasteiger charge is 2.38. The number of nitrogens with zero attached hydrogens (tertiary/aromatic N) is 2. The summed E-state index contributed by atoms with van der Waals surface area (Å²) < 4.78 is 2.15. The van der Waals surface area contributed by atoms with Crippen LogP contribution in [0.4, 0.5) is 22.7 Å². The van der Waals surface area contributed by atoms with E-state index in [1.54, 1.807) is 12.1 Å². The second-order valence-electron chi connectivity index (χ2n) is 14.1. The number of aromatic hydroxyl groups is 1. The van der Waals surface area contributed by atoms with Gasteiger partial charge in [-0.15, -0.1) is 0 Å². The standard InChI is InChI=1S/C48H52N2O3/c1-2-3-4-5-6-7-8-9-10-11-12-22-35-49(38-23-16-13-17-24-38)42-33-34-43(44(51)36-42)46-47(52)45(48(46)53)37-29-31-41(32-30-37)50(39-25-18-14-19-26-39)40-27-20-15-21-28-40/h13-21,23-34,36H,2-12,22,35H2,1H3,(H,52,53)/p+1. The fourth-order valence-corrected chi connectivity index (χ4v) is 7.32. The van der Waals surface area contributed by atoms with Gasteiger partial charge < -0.3 is 15.1 Å². The van der Waals surface area contributed by atoms with Crippen molar-refractivity contribution < 1.29 is 15.0 Å². The number of Topliss-reactive ketones (excluding diaryl/α,β-unsaturated/α-hetero) is 1. The molecule has 4 aromatic rings. The summed E-state index contributed by atoms with van der Waals surface area (Å²) in [7, 11) is 0. The number of hydrogen-bond donors (Lipinski definition) is 2. The molecule has 0 atom stereocenters. The number of ketones is 1. The first kappa shape index (κ1) is 37.3. The van der Waals surface area contributed by atoms with Crippen molar-refractivity contribution in [1.82, 2.24) is 4.58 Å². The molecule has 0 amide bonds. The third kappa shape index (κ3) is 9.34. The van der Waals surface area contributed by atoms with E-state index in [0.717, 1.165) is 47.8 Å². The molecule has 2 aliphatic rings. The molecule has 0 spiro atoms. The lowest BCUT2D eigenvalue weighted by Gasteiger charge is -2.27. The lowest BCUT2D eigenvalue weighted by Crippen LogP contribution is -2.23. The van der Waals surface area contributed by atoms with E-state index in [2.05, 4.69) is 52.8 Å². The summed E-state index contributed by atoms with van der Waals surface area (Å²) in [4.78, 5) is 15.8. The Morgan fingerprint density at radius 1 is 0.547 bits per heavy atom. The number of aliphatic hydroxyl groups excluding tert-OH is 1. The van der Waals surface area contributed by atoms with Gasteiger partial charge >= 0.3 is 0 Å². The quantitative estimate of drug-likeness (QED) is 0.0614. The van der Waals surface area contributed by atoms with Crippen LogP contribution in [0, 0.1) is 0 Å². The van der Waals surface area contributed by atoms with Crippen molar-refractivity contribution in [3.63, 3.8) is 0 Å². The van der Waals surface area contributed by atoms with Gasteiger partial charge in [0.2, 0.25) is 22.9 Å². The van der Waals surface area contributed by atoms with Gasteiger partial charge in [-0.3, -0.25) is 4.79 Å². The van der Waals surface area contributed by atoms with Gasteiger partial charge in [0.05, 0.1) is 11.1 Å². The molecule has 2 aliphatic carbocycles. The number of rotatable bonds is 18. The highest BCUT2D eigenvalue weighted by atomic mass is 16.3. The van der Waals surface area contributed by atoms with Crippen LogP contribution in [0.3, 0.4) is 0 Å². The van der Waals surface area contributed by atoms with Gasteiger partial charge in [-0.25, -0.2) is 0 Å². The summed E-state index contributed by atoms with van der Waals surface area (Å²) >= 11 is 0. The Kier molecular flexibility index (Phi) is 13.3. The van der Waals surface area contributed by atoms with Gasteiger partial charge in [0, 0.05) is 66.0 Å². The molecule has 5 heteroatoms. The number of aliphatic hydroxyl groups is 1. The summed E-state index contributed by atoms with van der Waals surface area (Å²) in [6.07, 6.45) is 23.2. The van der Waals surface area contributed by atoms with E-state index in [9.17, 15) is 15.0 Å². The number of phenols is 1. The average Bonchev–Trinajstić information content (AvgIpc) is 3.19. The topological polar surface area (TPSA) is 63.8 Å². The van der Waals surface area contributed by atoms with Crippen LogP contribution in [-0.2, 0) is 4.79 Å². The molecule has 0 unspecified atom stereocenters. The van der Waals surface area contributed by atoms with Gasteiger partial charge in [-0.2, -0.15) is 4.58 Å². The van der Waals surface area contributed by atoms with Gasteiger partial charge in [0.15, 0.2) is 0 Å². The zero-order valence-electron chi connectivity index (χ0n) is 31.1. The summed E-state index contributed by atoms with van der Waals surface area (Å²) in [6.45, 7) is 3.09. The van der Waals surface area contributed by atoms with Gasteiger partial charge in [-0.05, 0) is 48.4 Å². The summed E-state index contributed by atoms with van der Waals surface area (Å²) in [6, 6.07) is 35.9. The molecule has 53 heavy (non-hydrogen) atoms. The lowest BCUT2D eigenvalue weighted by molar-refractivity contribution is -0.111. The minimum absolute atomic E-state index is 0.0243. The number of carbonyl (C=O) groups is 1. The molecule has 2 N–H and O–H groups in total. The van der Waals surface area contributed by atoms with Crippen molar-refractivity contribution in [3.05, 3.63) is 156 Å². The monoisotopic (exact) mass is 705 g/mol. The van der Waals surface area contributed by atoms with Crippen LogP contribution < -0.4 is 9.48 Å². The van der Waals surface area contributed by atoms with Crippen molar-refractivity contribution in [1.29, 1.82) is 0 Å². The summed E-state index contributed by atoms with van der Waals surface area (Å²) in [5.74, 6) is -0.397. The van der Waals surface area contributed by atoms with Gasteiger partial charge in [0.25, 0.3) is 0 Å². The average molecular weight is 706 g/mol. The summed E-state index contributed by atoms with van der Waals surface area (Å²) in [5.41, 5.74) is 6.26. The Labute approximate surface area is 315 Å². The Morgan fingerprint density at radius 3 is 1.57 bits per heavy atom. The fourth-order valence-electron chi connectivity index (χ4n) is 7.32. The summed E-state index contributed by atoms with van der Waals surface area (Å²) in [5, 5.41) is 22.5. The first-order valence-corrected chi connectivity index (χ1v) is 19.6. The van der Waals surface area contributed by atoms with Crippen molar-refractivity contribution >= 4 is 39.8 Å². The number of unbranched alkanes of at least 4 members (excludes halogenated alkanes) is 11. The molecule has 5 nitrogen and oxygen atoms in total. The number of allylic oxidation sites excluding steroid dienone is 7. The van der Waals surface area contributed by atoms with Gasteiger partial charge in [-0.1, -0.05) is 132 Å². The third-order valence-corrected chi connectivity index (χ3v) is 10.2. The Balaban J connectivity index is 1.13. The van der Waals surface area contributed by atoms with Crippen molar-refractivity contribution in [2.75, 3.05) is 11.4 Å². The van der Waals surface area contributed by atoms with Crippen molar-refractivity contribution in [2.45, 2.75) is 84.0 Å². The zero-order chi connectivity index (χ0) is 36.8. The van der Waals surface area contributed by atoms with Crippen LogP contribution in [-0.4, -0.2) is 28.3 Å². The Bertz CT molecular complexity index is 1930. The molecule has 0 aliphatic heterocycles. The normalized spacial score (nSPS) is 13.8. The second kappa shape index (κ2) is 18.9. The molecule has 4 aromatic carbocycles. The third-order valence-electron chi connectivity index (χ3n) is 10.2. The van der Waals surface area contributed by atoms with Crippen LogP contribution in [0.5, 0.6) is 5.75 Å². The number of benzene rings is 4. The molecule has 0 bridgehead atoms. The van der Waals surface area contributed by atoms with E-state index in [0.29, 0.717) is 11.1 Å². The van der Waals surface area contributed by atoms with Crippen LogP contribution in [0.15, 0.2) is 150 Å². The number of phenolic OH excluding ortho intramolecular Hbond substituents is 1. The molecule has 0 saturated heterocycles. The smallest absolute Gasteiger partial charge is 0.211 e. The fraction of sp³-hybridized carbons (Fsp3) is 0.292. The Hall–Kier alpha value is -5.42. The highest BCUT2D eigenvalue weighted by Crippen LogP contribution is 2.43. The maximum absolute atomic E-state index is 13.6. The molecule has 272 valence electrons. The molecule has 0 aromatic heterocycles. The molecular weight excluding hydrogens is 653 g/mol. The molecular formula is C48H53N2O3+. The van der Waals surface area contributed by atoms with E-state index in [4.69, 9.17) is 0 Å². The largest absolute Gasteiger partial charge is 0.507 e. The second-order valence-corrected chi connectivity index (χ2v) is 14.1. The number of para-hydroxylation sites is 3. The van der Waals surface area contributed by atoms with Crippen molar-refractivity contribution in [3.8, 4) is 5.75 Å². The first-order chi connectivity index (χ1) is 26.1. The van der Waals surface area contributed by atoms with Crippen LogP contribution >= 0.6 is 0 Å². The minimum atomic E-state index is -0.280. The molecule has 0 radical (unpaired) electrons. The SMILES string of the molecule is CCCCCCCCCCCCCCN(c1ccccc1)c1ccc(C2=C(O)C(=C3C=CC(=[N+](c4ccccc4)c4ccccc4)C=C3)C2=O)c(O)c1. The van der Waals surface area contributed by atoms with E-state index < -0.39 is 0 Å². The number of carbonyl (C=O) groups excluding carboxylic acids is 1. The molecule has 0 fully saturated rings. The molecule has 0 saturated carbocycles. The number of anilines is 2. The van der Waals surface area contributed by atoms with Crippen molar-refractivity contribution in [2.24, 2.45) is 0 Å².